The molecule has 1 N–H and O–H groups in total. The van der Waals surface area contributed by atoms with Crippen LogP contribution >= 0.6 is 22.9 Å². The van der Waals surface area contributed by atoms with Crippen LogP contribution in [0.1, 0.15) is 22.9 Å². The number of hydrogen-bond acceptors (Lipinski definition) is 1. The Morgan fingerprint density at radius 3 is 2.83 bits per heavy atom. The van der Waals surface area contributed by atoms with Crippen molar-refractivity contribution < 1.29 is 17.3 Å². The number of aryl methyl sites for hydroxylation is 1. The van der Waals surface area contributed by atoms with Gasteiger partial charge in [0.1, 0.15) is 6.54 Å². The predicted molar refractivity (Wildman–Crippen MR) is 75.4 cm³/mol. The molecule has 2 aromatic rings. The molecule has 0 amide bonds. The molecule has 1 aromatic heterocycles. The van der Waals surface area contributed by atoms with E-state index >= 15 is 0 Å². The smallest absolute Gasteiger partial charge is 0.104 e. The zero-order valence-electron chi connectivity index (χ0n) is 10.6. The molecule has 1 nitrogen and oxygen atoms in total. The van der Waals surface area contributed by atoms with Crippen molar-refractivity contribution in [1.29, 1.82) is 0 Å². The van der Waals surface area contributed by atoms with Crippen molar-refractivity contribution in [1.82, 2.24) is 0 Å². The average molecular weight is 302 g/mol. The molecule has 0 spiro atoms. The zero-order chi connectivity index (χ0) is 12.0. The van der Waals surface area contributed by atoms with Crippen LogP contribution in [0.15, 0.2) is 12.1 Å². The van der Waals surface area contributed by atoms with Crippen molar-refractivity contribution in [2.75, 3.05) is 13.6 Å². The van der Waals surface area contributed by atoms with E-state index in [9.17, 15) is 0 Å². The van der Waals surface area contributed by atoms with Crippen molar-refractivity contribution >= 4 is 33.0 Å². The van der Waals surface area contributed by atoms with Crippen LogP contribution in [-0.4, -0.2) is 13.6 Å². The fourth-order valence-corrected chi connectivity index (χ4v) is 4.24. The van der Waals surface area contributed by atoms with Crippen LogP contribution < -0.4 is 17.3 Å². The Bertz CT molecular complexity index is 577. The maximum Gasteiger partial charge on any atom is 0.104 e. The van der Waals surface area contributed by atoms with Crippen LogP contribution in [0.3, 0.4) is 0 Å². The molecule has 1 aliphatic rings. The molecule has 0 bridgehead atoms. The summed E-state index contributed by atoms with van der Waals surface area (Å²) in [5.74, 6) is 0. The lowest BCUT2D eigenvalue weighted by atomic mass is 10.0. The summed E-state index contributed by atoms with van der Waals surface area (Å²) in [6, 6.07) is 4.26. The first-order chi connectivity index (χ1) is 8.20. The second kappa shape index (κ2) is 5.38. The van der Waals surface area contributed by atoms with Crippen LogP contribution in [0.25, 0.3) is 10.1 Å². The molecule has 0 radical (unpaired) electrons. The summed E-state index contributed by atoms with van der Waals surface area (Å²) in [6.45, 7) is 4.58. The molecule has 1 aliphatic heterocycles. The van der Waals surface area contributed by atoms with Gasteiger partial charge in [-0.15, -0.1) is 11.3 Å². The molecule has 0 fully saturated rings. The van der Waals surface area contributed by atoms with Gasteiger partial charge in [0.15, 0.2) is 0 Å². The minimum absolute atomic E-state index is 0. The van der Waals surface area contributed by atoms with Crippen LogP contribution in [-0.2, 0) is 19.4 Å². The van der Waals surface area contributed by atoms with E-state index in [1.165, 1.54) is 22.2 Å². The third-order valence-corrected chi connectivity index (χ3v) is 5.39. The predicted octanol–water partition coefficient (Wildman–Crippen LogP) is -0.308. The van der Waals surface area contributed by atoms with E-state index in [4.69, 9.17) is 11.6 Å². The Hall–Kier alpha value is -0.280. The largest absolute Gasteiger partial charge is 1.00 e. The number of benzene rings is 1. The first-order valence-electron chi connectivity index (χ1n) is 6.23. The molecule has 0 saturated heterocycles. The Kier molecular flexibility index (Phi) is 4.22. The van der Waals surface area contributed by atoms with Crippen LogP contribution in [0.5, 0.6) is 0 Å². The van der Waals surface area contributed by atoms with Crippen molar-refractivity contribution in [3.8, 4) is 0 Å². The van der Waals surface area contributed by atoms with E-state index in [1.807, 2.05) is 11.3 Å². The van der Waals surface area contributed by atoms with Crippen molar-refractivity contribution in [2.24, 2.45) is 0 Å². The first kappa shape index (κ1) is 14.1. The number of hydrogen-bond donors (Lipinski definition) is 1. The van der Waals surface area contributed by atoms with Crippen LogP contribution in [0.4, 0.5) is 0 Å². The Balaban J connectivity index is 0.00000120. The molecular weight excluding hydrogens is 285 g/mol. The summed E-state index contributed by atoms with van der Waals surface area (Å²) < 4.78 is 1.42. The highest BCUT2D eigenvalue weighted by molar-refractivity contribution is 7.19. The lowest BCUT2D eigenvalue weighted by Crippen LogP contribution is -3.07. The number of nitrogens with one attached hydrogen (secondary N) is 1. The lowest BCUT2D eigenvalue weighted by molar-refractivity contribution is -0.893. The van der Waals surface area contributed by atoms with Crippen molar-refractivity contribution in [3.05, 3.63) is 33.2 Å². The van der Waals surface area contributed by atoms with Gasteiger partial charge in [0.2, 0.25) is 0 Å². The van der Waals surface area contributed by atoms with Crippen molar-refractivity contribution in [3.63, 3.8) is 0 Å². The first-order valence-corrected chi connectivity index (χ1v) is 7.43. The topological polar surface area (TPSA) is 4.44 Å². The Morgan fingerprint density at radius 2 is 2.11 bits per heavy atom. The molecular formula is C14H17Cl2NS. The maximum absolute atomic E-state index is 6.38. The minimum Gasteiger partial charge on any atom is -1.00 e. The zero-order valence-corrected chi connectivity index (χ0v) is 13.0. The van der Waals surface area contributed by atoms with E-state index in [0.29, 0.717) is 0 Å². The molecule has 4 heteroatoms. The fraction of sp³-hybridized carbons (Fsp3) is 0.429. The molecule has 0 saturated carbocycles. The number of likely N-dealkylation sites (N-methyl/N-ethyl adjacent to an activating group) is 1. The second-order valence-electron chi connectivity index (χ2n) is 4.89. The molecule has 1 atom stereocenters. The molecule has 0 aliphatic carbocycles. The van der Waals surface area contributed by atoms with Gasteiger partial charge in [0.25, 0.3) is 0 Å². The minimum atomic E-state index is 0. The Morgan fingerprint density at radius 1 is 1.33 bits per heavy atom. The summed E-state index contributed by atoms with van der Waals surface area (Å²) in [7, 11) is 2.28. The standard InChI is InChI=1S/C14H16ClNS.ClH/c1-3-12-10-8-16(2)7-6-9-11(15)4-5-13(17-12)14(9)10;/h4-5H,3,6-8H2,1-2H3;1H. The normalized spacial score (nSPS) is 18.5. The van der Waals surface area contributed by atoms with Crippen LogP contribution in [0.2, 0.25) is 5.02 Å². The summed E-state index contributed by atoms with van der Waals surface area (Å²) >= 11 is 8.33. The van der Waals surface area contributed by atoms with Gasteiger partial charge in [-0.3, -0.25) is 0 Å². The highest BCUT2D eigenvalue weighted by Gasteiger charge is 2.22. The van der Waals surface area contributed by atoms with Crippen LogP contribution in [0, 0.1) is 0 Å². The number of rotatable bonds is 1. The maximum atomic E-state index is 6.38. The fourth-order valence-electron chi connectivity index (χ4n) is 2.80. The summed E-state index contributed by atoms with van der Waals surface area (Å²) in [4.78, 5) is 3.14. The molecule has 3 rings (SSSR count). The second-order valence-corrected chi connectivity index (χ2v) is 6.43. The van der Waals surface area contributed by atoms with E-state index in [2.05, 4.69) is 26.1 Å². The highest BCUT2D eigenvalue weighted by atomic mass is 35.5. The molecule has 98 valence electrons. The summed E-state index contributed by atoms with van der Waals surface area (Å²) in [6.07, 6.45) is 2.24. The third-order valence-electron chi connectivity index (χ3n) is 3.69. The monoisotopic (exact) mass is 301 g/mol. The van der Waals surface area contributed by atoms with Gasteiger partial charge in [-0.2, -0.15) is 0 Å². The average Bonchev–Trinajstić information content (AvgIpc) is 2.56. The van der Waals surface area contributed by atoms with E-state index in [-0.39, 0.29) is 12.4 Å². The molecule has 18 heavy (non-hydrogen) atoms. The lowest BCUT2D eigenvalue weighted by Gasteiger charge is -2.10. The summed E-state index contributed by atoms with van der Waals surface area (Å²) in [5.41, 5.74) is 2.94. The van der Waals surface area contributed by atoms with Gasteiger partial charge < -0.3 is 17.3 Å². The van der Waals surface area contributed by atoms with Gasteiger partial charge in [-0.25, -0.2) is 0 Å². The number of quaternary nitrogens is 1. The van der Waals surface area contributed by atoms with E-state index in [0.717, 1.165) is 24.4 Å². The SMILES string of the molecule is CCc1sc2ccc(Cl)c3c2c1C[NH+](C)CC3.[Cl-]. The molecule has 2 heterocycles. The molecule has 1 aromatic carbocycles. The van der Waals surface area contributed by atoms with E-state index < -0.39 is 0 Å². The number of halogens is 2. The highest BCUT2D eigenvalue weighted by Crippen LogP contribution is 2.37. The molecule has 1 unspecified atom stereocenters. The Labute approximate surface area is 123 Å². The van der Waals surface area contributed by atoms with Gasteiger partial charge >= 0.3 is 0 Å². The summed E-state index contributed by atoms with van der Waals surface area (Å²) in [5, 5.41) is 2.42. The van der Waals surface area contributed by atoms with Gasteiger partial charge in [-0.1, -0.05) is 18.5 Å². The van der Waals surface area contributed by atoms with Gasteiger partial charge in [0.05, 0.1) is 13.6 Å². The van der Waals surface area contributed by atoms with Gasteiger partial charge in [0, 0.05) is 32.0 Å². The van der Waals surface area contributed by atoms with Gasteiger partial charge in [-0.05, 0) is 24.1 Å². The van der Waals surface area contributed by atoms with E-state index in [1.54, 1.807) is 15.3 Å². The number of thiophene rings is 1. The third kappa shape index (κ3) is 2.16. The van der Waals surface area contributed by atoms with Crippen molar-refractivity contribution in [2.45, 2.75) is 26.3 Å². The quantitative estimate of drug-likeness (QED) is 0.737.